The first kappa shape index (κ1) is 22.7. The Labute approximate surface area is 193 Å². The zero-order chi connectivity index (χ0) is 23.6. The third-order valence-corrected chi connectivity index (χ3v) is 5.90. The minimum atomic E-state index is -0.862. The number of para-hydroxylation sites is 1. The molecule has 4 rings (SSSR count). The summed E-state index contributed by atoms with van der Waals surface area (Å²) in [4.78, 5) is 11.9. The highest BCUT2D eigenvalue weighted by atomic mass is 16.5. The van der Waals surface area contributed by atoms with Crippen molar-refractivity contribution in [3.63, 3.8) is 0 Å². The van der Waals surface area contributed by atoms with Gasteiger partial charge in [-0.15, -0.1) is 0 Å². The molecule has 7 heteroatoms. The Balaban J connectivity index is 1.74. The number of aromatic nitrogens is 4. The predicted molar refractivity (Wildman–Crippen MR) is 128 cm³/mol. The van der Waals surface area contributed by atoms with Crippen LogP contribution in [-0.4, -0.2) is 37.6 Å². The Bertz CT molecular complexity index is 1290. The summed E-state index contributed by atoms with van der Waals surface area (Å²) in [6.07, 6.45) is 1.86. The second-order valence-electron chi connectivity index (χ2n) is 8.62. The number of carbonyl (C=O) groups excluding carboxylic acids is 1. The Morgan fingerprint density at radius 1 is 1.12 bits per heavy atom. The largest absolute Gasteiger partial charge is 0.494 e. The molecule has 0 unspecified atom stereocenters. The van der Waals surface area contributed by atoms with E-state index in [1.54, 1.807) is 13.8 Å². The maximum atomic E-state index is 11.9. The fourth-order valence-corrected chi connectivity index (χ4v) is 3.65. The second-order valence-corrected chi connectivity index (χ2v) is 8.62. The van der Waals surface area contributed by atoms with Crippen LogP contribution in [0.4, 0.5) is 0 Å². The molecule has 0 amide bonds. The first-order valence-electron chi connectivity index (χ1n) is 11.1. The van der Waals surface area contributed by atoms with Gasteiger partial charge in [0.2, 0.25) is 0 Å². The number of nitrogens with zero attached hydrogens (tertiary/aromatic N) is 4. The van der Waals surface area contributed by atoms with Crippen LogP contribution in [0.5, 0.6) is 5.75 Å². The smallest absolute Gasteiger partial charge is 0.161 e. The first-order valence-corrected chi connectivity index (χ1v) is 11.1. The normalized spacial score (nSPS) is 11.8. The molecule has 0 saturated carbocycles. The van der Waals surface area contributed by atoms with Crippen molar-refractivity contribution in [3.05, 3.63) is 66.0 Å². The van der Waals surface area contributed by atoms with E-state index >= 15 is 0 Å². The lowest BCUT2D eigenvalue weighted by Gasteiger charge is -2.21. The quantitative estimate of drug-likeness (QED) is 0.370. The number of fused-ring (bicyclic) bond motifs is 1. The lowest BCUT2D eigenvalue weighted by atomic mass is 10.1. The molecule has 0 N–H and O–H groups in total. The summed E-state index contributed by atoms with van der Waals surface area (Å²) in [6.45, 7) is 8.46. The van der Waals surface area contributed by atoms with E-state index in [0.29, 0.717) is 13.2 Å². The number of ether oxygens (including phenoxy) is 2. The standard InChI is InChI=1S/C26H30N4O3/c1-6-32-25-10-8-7-9-21(25)16-30-24(14-22(28-30)17-33-26(3,4)18(2)31)19-11-12-20-15-27-29(5)23(20)13-19/h7-15H,6,16-17H2,1-5H3. The predicted octanol–water partition coefficient (Wildman–Crippen LogP) is 4.77. The molecular weight excluding hydrogens is 416 g/mol. The molecule has 33 heavy (non-hydrogen) atoms. The maximum Gasteiger partial charge on any atom is 0.161 e. The monoisotopic (exact) mass is 446 g/mol. The fraction of sp³-hybridized carbons (Fsp3) is 0.346. The third kappa shape index (κ3) is 4.83. The van der Waals surface area contributed by atoms with Crippen LogP contribution in [0.3, 0.4) is 0 Å². The number of Topliss-reactive ketones (excluding diaryl/α,β-unsaturated/α-hetero) is 1. The summed E-state index contributed by atoms with van der Waals surface area (Å²) in [5.41, 5.74) is 3.98. The number of benzene rings is 2. The summed E-state index contributed by atoms with van der Waals surface area (Å²) in [5.74, 6) is 0.827. The number of aryl methyl sites for hydroxylation is 1. The number of carbonyl (C=O) groups is 1. The van der Waals surface area contributed by atoms with E-state index in [2.05, 4.69) is 29.4 Å². The number of hydrogen-bond donors (Lipinski definition) is 0. The van der Waals surface area contributed by atoms with Gasteiger partial charge in [-0.3, -0.25) is 14.2 Å². The van der Waals surface area contributed by atoms with E-state index in [4.69, 9.17) is 14.6 Å². The van der Waals surface area contributed by atoms with E-state index < -0.39 is 5.60 Å². The second kappa shape index (κ2) is 9.19. The zero-order valence-corrected chi connectivity index (χ0v) is 19.8. The number of ketones is 1. The zero-order valence-electron chi connectivity index (χ0n) is 19.8. The van der Waals surface area contributed by atoms with Crippen molar-refractivity contribution in [1.82, 2.24) is 19.6 Å². The van der Waals surface area contributed by atoms with E-state index in [-0.39, 0.29) is 12.4 Å². The van der Waals surface area contributed by atoms with E-state index in [1.807, 2.05) is 53.8 Å². The lowest BCUT2D eigenvalue weighted by Crippen LogP contribution is -2.32. The molecule has 0 spiro atoms. The topological polar surface area (TPSA) is 71.2 Å². The van der Waals surface area contributed by atoms with Crippen LogP contribution in [0.1, 0.15) is 39.0 Å². The van der Waals surface area contributed by atoms with Crippen LogP contribution >= 0.6 is 0 Å². The van der Waals surface area contributed by atoms with Crippen molar-refractivity contribution >= 4 is 16.7 Å². The van der Waals surface area contributed by atoms with E-state index in [0.717, 1.165) is 39.2 Å². The molecule has 2 aromatic heterocycles. The summed E-state index contributed by atoms with van der Waals surface area (Å²) >= 11 is 0. The van der Waals surface area contributed by atoms with Gasteiger partial charge < -0.3 is 9.47 Å². The molecule has 2 heterocycles. The summed E-state index contributed by atoms with van der Waals surface area (Å²) < 4.78 is 15.6. The van der Waals surface area contributed by atoms with E-state index in [9.17, 15) is 4.79 Å². The van der Waals surface area contributed by atoms with Gasteiger partial charge in [0.05, 0.1) is 42.9 Å². The molecule has 2 aromatic carbocycles. The van der Waals surface area contributed by atoms with Crippen molar-refractivity contribution in [2.24, 2.45) is 7.05 Å². The van der Waals surface area contributed by atoms with Crippen molar-refractivity contribution < 1.29 is 14.3 Å². The van der Waals surface area contributed by atoms with Crippen LogP contribution in [0.25, 0.3) is 22.2 Å². The van der Waals surface area contributed by atoms with Crippen molar-refractivity contribution in [2.45, 2.75) is 46.4 Å². The van der Waals surface area contributed by atoms with Crippen LogP contribution < -0.4 is 4.74 Å². The summed E-state index contributed by atoms with van der Waals surface area (Å²) in [6, 6.07) is 16.3. The molecule has 7 nitrogen and oxygen atoms in total. The molecular formula is C26H30N4O3. The highest BCUT2D eigenvalue weighted by Gasteiger charge is 2.25. The highest BCUT2D eigenvalue weighted by molar-refractivity contribution is 5.84. The average Bonchev–Trinajstić information content (AvgIpc) is 3.37. The van der Waals surface area contributed by atoms with Crippen molar-refractivity contribution in [1.29, 1.82) is 0 Å². The van der Waals surface area contributed by atoms with Crippen molar-refractivity contribution in [3.8, 4) is 17.0 Å². The van der Waals surface area contributed by atoms with Crippen LogP contribution in [0, 0.1) is 0 Å². The summed E-state index contributed by atoms with van der Waals surface area (Å²) in [5, 5.41) is 10.3. The Morgan fingerprint density at radius 3 is 2.67 bits per heavy atom. The van der Waals surface area contributed by atoms with Gasteiger partial charge >= 0.3 is 0 Å². The molecule has 0 radical (unpaired) electrons. The van der Waals surface area contributed by atoms with Crippen LogP contribution in [0.2, 0.25) is 0 Å². The molecule has 0 fully saturated rings. The van der Waals surface area contributed by atoms with Gasteiger partial charge in [-0.25, -0.2) is 0 Å². The van der Waals surface area contributed by atoms with Gasteiger partial charge in [0.15, 0.2) is 5.78 Å². The van der Waals surface area contributed by atoms with Gasteiger partial charge in [0.1, 0.15) is 11.4 Å². The minimum absolute atomic E-state index is 0.0190. The van der Waals surface area contributed by atoms with Crippen LogP contribution in [-0.2, 0) is 29.7 Å². The molecule has 172 valence electrons. The van der Waals surface area contributed by atoms with Gasteiger partial charge in [0, 0.05) is 23.6 Å². The average molecular weight is 447 g/mol. The summed E-state index contributed by atoms with van der Waals surface area (Å²) in [7, 11) is 1.94. The minimum Gasteiger partial charge on any atom is -0.494 e. The maximum absolute atomic E-state index is 11.9. The number of hydrogen-bond acceptors (Lipinski definition) is 5. The van der Waals surface area contributed by atoms with Gasteiger partial charge in [-0.2, -0.15) is 10.2 Å². The number of rotatable bonds is 9. The van der Waals surface area contributed by atoms with Gasteiger partial charge in [-0.05, 0) is 45.9 Å². The van der Waals surface area contributed by atoms with Gasteiger partial charge in [-0.1, -0.05) is 30.3 Å². The molecule has 0 aliphatic carbocycles. The Kier molecular flexibility index (Phi) is 6.33. The SMILES string of the molecule is CCOc1ccccc1Cn1nc(COC(C)(C)C(C)=O)cc1-c1ccc2cnn(C)c2c1. The molecule has 0 atom stereocenters. The van der Waals surface area contributed by atoms with Gasteiger partial charge in [0.25, 0.3) is 0 Å². The molecule has 0 saturated heterocycles. The fourth-order valence-electron chi connectivity index (χ4n) is 3.65. The molecule has 0 aliphatic rings. The van der Waals surface area contributed by atoms with E-state index in [1.165, 1.54) is 6.92 Å². The molecule has 0 aliphatic heterocycles. The van der Waals surface area contributed by atoms with Crippen LogP contribution in [0.15, 0.2) is 54.7 Å². The highest BCUT2D eigenvalue weighted by Crippen LogP contribution is 2.28. The lowest BCUT2D eigenvalue weighted by molar-refractivity contribution is -0.139. The molecule has 0 bridgehead atoms. The Hall–Kier alpha value is -3.45. The first-order chi connectivity index (χ1) is 15.8. The Morgan fingerprint density at radius 2 is 1.91 bits per heavy atom. The third-order valence-electron chi connectivity index (χ3n) is 5.90. The van der Waals surface area contributed by atoms with Crippen molar-refractivity contribution in [2.75, 3.05) is 6.61 Å². The molecule has 4 aromatic rings.